The zero-order valence-electron chi connectivity index (χ0n) is 12.3. The second kappa shape index (κ2) is 7.17. The molecule has 2 N–H and O–H groups in total. The molecule has 0 unspecified atom stereocenters. The van der Waals surface area contributed by atoms with Crippen molar-refractivity contribution in [3.05, 3.63) is 58.3 Å². The lowest BCUT2D eigenvalue weighted by molar-refractivity contribution is 0.0938. The summed E-state index contributed by atoms with van der Waals surface area (Å²) in [6.07, 6.45) is 1.45. The van der Waals surface area contributed by atoms with Crippen molar-refractivity contribution < 1.29 is 9.59 Å². The first-order valence-corrected chi connectivity index (χ1v) is 7.59. The van der Waals surface area contributed by atoms with Crippen LogP contribution in [0.5, 0.6) is 0 Å². The summed E-state index contributed by atoms with van der Waals surface area (Å²) < 4.78 is 0.872. The Hall–Kier alpha value is -2.21. The Morgan fingerprint density at radius 1 is 1.14 bits per heavy atom. The number of nitrogens with zero attached hydrogens (tertiary/aromatic N) is 1. The highest BCUT2D eigenvalue weighted by Crippen LogP contribution is 2.16. The van der Waals surface area contributed by atoms with Gasteiger partial charge in [-0.25, -0.2) is 0 Å². The van der Waals surface area contributed by atoms with E-state index >= 15 is 0 Å². The van der Waals surface area contributed by atoms with Crippen LogP contribution in [0, 0.1) is 0 Å². The number of rotatable bonds is 4. The van der Waals surface area contributed by atoms with Crippen molar-refractivity contribution in [2.75, 3.05) is 5.32 Å². The minimum absolute atomic E-state index is 0.00783. The number of aromatic nitrogens is 1. The maximum atomic E-state index is 12.2. The molecule has 5 nitrogen and oxygen atoms in total. The average Bonchev–Trinajstić information content (AvgIpc) is 2.46. The lowest BCUT2D eigenvalue weighted by atomic mass is 10.2. The predicted octanol–water partition coefficient (Wildman–Crippen LogP) is 3.23. The molecule has 0 spiro atoms. The highest BCUT2D eigenvalue weighted by molar-refractivity contribution is 9.10. The van der Waals surface area contributed by atoms with Gasteiger partial charge in [0.15, 0.2) is 0 Å². The summed E-state index contributed by atoms with van der Waals surface area (Å²) in [5.41, 5.74) is 1.27. The van der Waals surface area contributed by atoms with Gasteiger partial charge >= 0.3 is 0 Å². The third-order valence-corrected chi connectivity index (χ3v) is 3.25. The topological polar surface area (TPSA) is 71.1 Å². The van der Waals surface area contributed by atoms with E-state index in [1.807, 2.05) is 26.0 Å². The smallest absolute Gasteiger partial charge is 0.270 e. The van der Waals surface area contributed by atoms with E-state index < -0.39 is 0 Å². The van der Waals surface area contributed by atoms with Gasteiger partial charge in [-0.2, -0.15) is 0 Å². The number of anilines is 1. The first-order chi connectivity index (χ1) is 10.5. The van der Waals surface area contributed by atoms with E-state index in [-0.39, 0.29) is 23.6 Å². The third kappa shape index (κ3) is 4.39. The number of carbonyl (C=O) groups excluding carboxylic acids is 2. The first kappa shape index (κ1) is 16.2. The van der Waals surface area contributed by atoms with Crippen LogP contribution in [0.2, 0.25) is 0 Å². The summed E-state index contributed by atoms with van der Waals surface area (Å²) in [5.74, 6) is -0.591. The van der Waals surface area contributed by atoms with Crippen LogP contribution in [0.15, 0.2) is 47.1 Å². The Balaban J connectivity index is 2.15. The number of halogens is 1. The Morgan fingerprint density at radius 2 is 1.91 bits per heavy atom. The highest BCUT2D eigenvalue weighted by atomic mass is 79.9. The van der Waals surface area contributed by atoms with Crippen LogP contribution < -0.4 is 10.6 Å². The van der Waals surface area contributed by atoms with E-state index in [9.17, 15) is 9.59 Å². The monoisotopic (exact) mass is 361 g/mol. The van der Waals surface area contributed by atoms with Crippen LogP contribution in [0.4, 0.5) is 5.69 Å². The number of carbonyl (C=O) groups is 2. The van der Waals surface area contributed by atoms with Gasteiger partial charge < -0.3 is 10.6 Å². The Morgan fingerprint density at radius 3 is 2.59 bits per heavy atom. The number of amides is 2. The van der Waals surface area contributed by atoms with Gasteiger partial charge in [0.25, 0.3) is 11.8 Å². The third-order valence-electron chi connectivity index (χ3n) is 2.76. The molecule has 2 rings (SSSR count). The van der Waals surface area contributed by atoms with E-state index in [1.54, 1.807) is 18.2 Å². The molecule has 1 heterocycles. The lowest BCUT2D eigenvalue weighted by Crippen LogP contribution is -2.31. The van der Waals surface area contributed by atoms with Gasteiger partial charge in [-0.05, 0) is 44.2 Å². The molecule has 1 aromatic heterocycles. The molecule has 6 heteroatoms. The van der Waals surface area contributed by atoms with Crippen LogP contribution in [0.1, 0.15) is 34.7 Å². The standard InChI is InChI=1S/C16H16BrN3O2/c1-10(2)19-16(22)14-8-11(6-7-18-14)15(21)20-13-5-3-4-12(17)9-13/h3-10H,1-2H3,(H,19,22)(H,20,21). The van der Waals surface area contributed by atoms with Crippen molar-refractivity contribution in [1.29, 1.82) is 0 Å². The highest BCUT2D eigenvalue weighted by Gasteiger charge is 2.12. The van der Waals surface area contributed by atoms with Crippen molar-refractivity contribution in [3.63, 3.8) is 0 Å². The lowest BCUT2D eigenvalue weighted by Gasteiger charge is -2.09. The number of hydrogen-bond acceptors (Lipinski definition) is 3. The molecule has 0 saturated heterocycles. The summed E-state index contributed by atoms with van der Waals surface area (Å²) in [6.45, 7) is 3.73. The zero-order chi connectivity index (χ0) is 16.1. The molecule has 0 aliphatic rings. The fourth-order valence-corrected chi connectivity index (χ4v) is 2.20. The maximum Gasteiger partial charge on any atom is 0.270 e. The zero-order valence-corrected chi connectivity index (χ0v) is 13.8. The van der Waals surface area contributed by atoms with Crippen molar-refractivity contribution in [2.45, 2.75) is 19.9 Å². The van der Waals surface area contributed by atoms with E-state index in [1.165, 1.54) is 12.3 Å². The number of hydrogen-bond donors (Lipinski definition) is 2. The number of benzene rings is 1. The Kier molecular flexibility index (Phi) is 5.27. The van der Waals surface area contributed by atoms with Crippen LogP contribution in [0.3, 0.4) is 0 Å². The fraction of sp³-hybridized carbons (Fsp3) is 0.188. The average molecular weight is 362 g/mol. The molecular weight excluding hydrogens is 346 g/mol. The summed E-state index contributed by atoms with van der Waals surface area (Å²) in [6, 6.07) is 10.3. The summed E-state index contributed by atoms with van der Waals surface area (Å²) in [4.78, 5) is 28.2. The molecule has 0 aliphatic heterocycles. The summed E-state index contributed by atoms with van der Waals surface area (Å²) >= 11 is 3.35. The van der Waals surface area contributed by atoms with Crippen molar-refractivity contribution >= 4 is 33.4 Å². The molecule has 0 fully saturated rings. The largest absolute Gasteiger partial charge is 0.349 e. The molecule has 2 aromatic rings. The Labute approximate surface area is 137 Å². The summed E-state index contributed by atoms with van der Waals surface area (Å²) in [5, 5.41) is 5.52. The van der Waals surface area contributed by atoms with Gasteiger partial charge in [0.2, 0.25) is 0 Å². The van der Waals surface area contributed by atoms with E-state index in [0.717, 1.165) is 4.47 Å². The molecule has 22 heavy (non-hydrogen) atoms. The van der Waals surface area contributed by atoms with E-state index in [2.05, 4.69) is 31.5 Å². The van der Waals surface area contributed by atoms with Gasteiger partial charge in [0.05, 0.1) is 0 Å². The quantitative estimate of drug-likeness (QED) is 0.877. The van der Waals surface area contributed by atoms with Gasteiger partial charge in [-0.15, -0.1) is 0 Å². The second-order valence-electron chi connectivity index (χ2n) is 5.02. The molecule has 1 aromatic carbocycles. The number of pyridine rings is 1. The van der Waals surface area contributed by atoms with Crippen LogP contribution in [0.25, 0.3) is 0 Å². The molecule has 114 valence electrons. The van der Waals surface area contributed by atoms with E-state index in [4.69, 9.17) is 0 Å². The minimum atomic E-state index is -0.299. The minimum Gasteiger partial charge on any atom is -0.349 e. The van der Waals surface area contributed by atoms with E-state index in [0.29, 0.717) is 11.3 Å². The predicted molar refractivity (Wildman–Crippen MR) is 88.9 cm³/mol. The Bertz CT molecular complexity index is 701. The molecule has 0 bridgehead atoms. The summed E-state index contributed by atoms with van der Waals surface area (Å²) in [7, 11) is 0. The molecule has 0 aliphatic carbocycles. The first-order valence-electron chi connectivity index (χ1n) is 6.79. The van der Waals surface area contributed by atoms with Crippen molar-refractivity contribution in [2.24, 2.45) is 0 Å². The molecular formula is C16H16BrN3O2. The maximum absolute atomic E-state index is 12.2. The molecule has 0 atom stereocenters. The van der Waals surface area contributed by atoms with Gasteiger partial charge in [-0.1, -0.05) is 22.0 Å². The van der Waals surface area contributed by atoms with Crippen LogP contribution >= 0.6 is 15.9 Å². The van der Waals surface area contributed by atoms with Crippen molar-refractivity contribution in [3.8, 4) is 0 Å². The molecule has 0 radical (unpaired) electrons. The van der Waals surface area contributed by atoms with Crippen LogP contribution in [-0.4, -0.2) is 22.8 Å². The van der Waals surface area contributed by atoms with Gasteiger partial charge in [0, 0.05) is 28.0 Å². The fourth-order valence-electron chi connectivity index (χ4n) is 1.80. The molecule has 0 saturated carbocycles. The van der Waals surface area contributed by atoms with Crippen molar-refractivity contribution in [1.82, 2.24) is 10.3 Å². The van der Waals surface area contributed by atoms with Gasteiger partial charge in [-0.3, -0.25) is 14.6 Å². The van der Waals surface area contributed by atoms with Crippen LogP contribution in [-0.2, 0) is 0 Å². The second-order valence-corrected chi connectivity index (χ2v) is 5.94. The SMILES string of the molecule is CC(C)NC(=O)c1cc(C(=O)Nc2cccc(Br)c2)ccn1. The molecule has 2 amide bonds. The van der Waals surface area contributed by atoms with Gasteiger partial charge in [0.1, 0.15) is 5.69 Å². The normalized spacial score (nSPS) is 10.4. The number of nitrogens with one attached hydrogen (secondary N) is 2.